The number of nitrogens with zero attached hydrogens (tertiary/aromatic N) is 3. The summed E-state index contributed by atoms with van der Waals surface area (Å²) in [5.74, 6) is -0.475. The van der Waals surface area contributed by atoms with Crippen LogP contribution < -0.4 is 0 Å². The molecule has 0 saturated carbocycles. The van der Waals surface area contributed by atoms with Gasteiger partial charge in [-0.15, -0.1) is 0 Å². The summed E-state index contributed by atoms with van der Waals surface area (Å²) >= 11 is 0. The summed E-state index contributed by atoms with van der Waals surface area (Å²) in [6.45, 7) is 2.61. The average molecular weight is 420 g/mol. The lowest BCUT2D eigenvalue weighted by Gasteiger charge is -2.34. The van der Waals surface area contributed by atoms with Crippen LogP contribution in [0.1, 0.15) is 52.2 Å². The van der Waals surface area contributed by atoms with Gasteiger partial charge in [0.05, 0.1) is 22.2 Å². The second-order valence-electron chi connectivity index (χ2n) is 8.08. The third-order valence-electron chi connectivity index (χ3n) is 6.23. The molecule has 7 nitrogen and oxygen atoms in total. The van der Waals surface area contributed by atoms with Gasteiger partial charge in [0.2, 0.25) is 5.91 Å². The number of H-pyrrole nitrogens is 1. The highest BCUT2D eigenvalue weighted by molar-refractivity contribution is 6.22. The molecule has 5 rings (SSSR count). The maximum Gasteiger partial charge on any atom is 0.262 e. The topological polar surface area (TPSA) is 86.4 Å². The van der Waals surface area contributed by atoms with Crippen LogP contribution in [0.4, 0.5) is 4.39 Å². The van der Waals surface area contributed by atoms with Gasteiger partial charge in [0.1, 0.15) is 17.7 Å². The zero-order valence-electron chi connectivity index (χ0n) is 17.0. The van der Waals surface area contributed by atoms with E-state index in [-0.39, 0.29) is 17.6 Å². The van der Waals surface area contributed by atoms with E-state index in [1.807, 2.05) is 0 Å². The Balaban J connectivity index is 1.26. The number of amides is 3. The Bertz CT molecular complexity index is 1180. The lowest BCUT2D eigenvalue weighted by molar-refractivity contribution is -0.136. The van der Waals surface area contributed by atoms with Crippen LogP contribution in [0.5, 0.6) is 0 Å². The molecule has 2 aromatic carbocycles. The molecule has 158 valence electrons. The highest BCUT2D eigenvalue weighted by Gasteiger charge is 2.42. The molecule has 1 unspecified atom stereocenters. The number of benzene rings is 2. The number of aromatic nitrogens is 2. The first-order valence-corrected chi connectivity index (χ1v) is 10.3. The summed E-state index contributed by atoms with van der Waals surface area (Å²) in [5, 5.41) is 0. The Morgan fingerprint density at radius 1 is 1.10 bits per heavy atom. The van der Waals surface area contributed by atoms with Gasteiger partial charge in [0, 0.05) is 19.0 Å². The predicted molar refractivity (Wildman–Crippen MR) is 111 cm³/mol. The fourth-order valence-corrected chi connectivity index (χ4v) is 4.50. The van der Waals surface area contributed by atoms with Gasteiger partial charge in [0.25, 0.3) is 11.8 Å². The third-order valence-corrected chi connectivity index (χ3v) is 6.23. The van der Waals surface area contributed by atoms with Crippen molar-refractivity contribution in [1.82, 2.24) is 19.8 Å². The van der Waals surface area contributed by atoms with Gasteiger partial charge in [-0.1, -0.05) is 12.1 Å². The van der Waals surface area contributed by atoms with E-state index in [0.717, 1.165) is 10.7 Å². The number of nitrogens with one attached hydrogen (secondary N) is 1. The third kappa shape index (κ3) is 3.19. The molecule has 0 spiro atoms. The summed E-state index contributed by atoms with van der Waals surface area (Å²) < 4.78 is 13.4. The van der Waals surface area contributed by atoms with Gasteiger partial charge in [-0.25, -0.2) is 9.37 Å². The first kappa shape index (κ1) is 19.4. The fraction of sp³-hybridized carbons (Fsp3) is 0.304. The quantitative estimate of drug-likeness (QED) is 0.660. The largest absolute Gasteiger partial charge is 0.342 e. The Labute approximate surface area is 177 Å². The molecule has 1 N–H and O–H groups in total. The summed E-state index contributed by atoms with van der Waals surface area (Å²) in [6.07, 6.45) is 1.39. The first-order chi connectivity index (χ1) is 14.9. The highest BCUT2D eigenvalue weighted by Crippen LogP contribution is 2.30. The molecule has 1 fully saturated rings. The lowest BCUT2D eigenvalue weighted by atomic mass is 9.95. The molecule has 2 aliphatic rings. The standard InChI is InChI=1S/C23H21FN4O3/c1-13(28-22(30)16-4-2-3-5-17(16)23(28)31)21(29)27-10-8-14(9-11-27)20-25-18-7-6-15(24)12-19(18)26-20/h2-7,12-14H,8-11H2,1H3,(H,25,26). The molecule has 0 radical (unpaired) electrons. The van der Waals surface area contributed by atoms with Gasteiger partial charge in [-0.05, 0) is 50.1 Å². The van der Waals surface area contributed by atoms with E-state index < -0.39 is 17.9 Å². The normalized spacial score (nSPS) is 18.0. The molecule has 2 aliphatic heterocycles. The summed E-state index contributed by atoms with van der Waals surface area (Å²) in [4.78, 5) is 48.9. The molecule has 1 saturated heterocycles. The molecule has 0 bridgehead atoms. The maximum atomic E-state index is 13.4. The zero-order valence-corrected chi connectivity index (χ0v) is 17.0. The monoisotopic (exact) mass is 420 g/mol. The van der Waals surface area contributed by atoms with Crippen molar-refractivity contribution >= 4 is 28.8 Å². The molecular weight excluding hydrogens is 399 g/mol. The Morgan fingerprint density at radius 2 is 1.74 bits per heavy atom. The highest BCUT2D eigenvalue weighted by atomic mass is 19.1. The van der Waals surface area contributed by atoms with Gasteiger partial charge in [-0.3, -0.25) is 19.3 Å². The number of imide groups is 1. The summed E-state index contributed by atoms with van der Waals surface area (Å²) in [6, 6.07) is 10.2. The average Bonchev–Trinajstić information content (AvgIpc) is 3.32. The first-order valence-electron chi connectivity index (χ1n) is 10.3. The van der Waals surface area contributed by atoms with Crippen LogP contribution in [-0.4, -0.2) is 56.6 Å². The molecular formula is C23H21FN4O3. The second-order valence-corrected chi connectivity index (χ2v) is 8.08. The Kier molecular flexibility index (Phi) is 4.57. The molecule has 3 aromatic rings. The number of imidazole rings is 1. The molecule has 1 atom stereocenters. The predicted octanol–water partition coefficient (Wildman–Crippen LogP) is 3.09. The van der Waals surface area contributed by atoms with Crippen LogP contribution in [0.25, 0.3) is 11.0 Å². The maximum absolute atomic E-state index is 13.4. The fourth-order valence-electron chi connectivity index (χ4n) is 4.50. The molecule has 8 heteroatoms. The van der Waals surface area contributed by atoms with Crippen molar-refractivity contribution in [2.24, 2.45) is 0 Å². The van der Waals surface area contributed by atoms with E-state index in [1.165, 1.54) is 12.1 Å². The number of piperidine rings is 1. The van der Waals surface area contributed by atoms with E-state index in [9.17, 15) is 18.8 Å². The molecule has 1 aromatic heterocycles. The number of halogens is 1. The van der Waals surface area contributed by atoms with E-state index in [4.69, 9.17) is 0 Å². The van der Waals surface area contributed by atoms with E-state index in [0.29, 0.717) is 48.1 Å². The lowest BCUT2D eigenvalue weighted by Crippen LogP contribution is -2.51. The van der Waals surface area contributed by atoms with Crippen molar-refractivity contribution in [2.75, 3.05) is 13.1 Å². The molecule has 3 heterocycles. The van der Waals surface area contributed by atoms with Crippen molar-refractivity contribution in [3.8, 4) is 0 Å². The number of carbonyl (C=O) groups excluding carboxylic acids is 3. The van der Waals surface area contributed by atoms with Crippen molar-refractivity contribution in [3.05, 3.63) is 65.2 Å². The minimum absolute atomic E-state index is 0.133. The van der Waals surface area contributed by atoms with E-state index in [1.54, 1.807) is 42.2 Å². The number of carbonyl (C=O) groups is 3. The zero-order chi connectivity index (χ0) is 21.7. The number of rotatable bonds is 3. The smallest absolute Gasteiger partial charge is 0.262 e. The van der Waals surface area contributed by atoms with Gasteiger partial charge in [-0.2, -0.15) is 0 Å². The number of fused-ring (bicyclic) bond motifs is 2. The number of aromatic amines is 1. The molecule has 3 amide bonds. The number of hydrogen-bond acceptors (Lipinski definition) is 4. The van der Waals surface area contributed by atoms with Gasteiger partial charge < -0.3 is 9.88 Å². The van der Waals surface area contributed by atoms with Crippen molar-refractivity contribution in [1.29, 1.82) is 0 Å². The Hall–Kier alpha value is -3.55. The summed E-state index contributed by atoms with van der Waals surface area (Å²) in [5.41, 5.74) is 2.06. The van der Waals surface area contributed by atoms with Crippen LogP contribution >= 0.6 is 0 Å². The number of likely N-dealkylation sites (tertiary alicyclic amines) is 1. The minimum Gasteiger partial charge on any atom is -0.342 e. The van der Waals surface area contributed by atoms with E-state index in [2.05, 4.69) is 9.97 Å². The SMILES string of the molecule is CC(C(=O)N1CCC(c2nc3ccc(F)cc3[nH]2)CC1)N1C(=O)c2ccccc2C1=O. The summed E-state index contributed by atoms with van der Waals surface area (Å²) in [7, 11) is 0. The van der Waals surface area contributed by atoms with Gasteiger partial charge in [0.15, 0.2) is 0 Å². The molecule has 0 aliphatic carbocycles. The number of hydrogen-bond donors (Lipinski definition) is 1. The Morgan fingerprint density at radius 3 is 2.39 bits per heavy atom. The second kappa shape index (κ2) is 7.30. The van der Waals surface area contributed by atoms with Crippen LogP contribution in [0.3, 0.4) is 0 Å². The molecule has 31 heavy (non-hydrogen) atoms. The van der Waals surface area contributed by atoms with E-state index >= 15 is 0 Å². The van der Waals surface area contributed by atoms with Crippen molar-refractivity contribution < 1.29 is 18.8 Å². The minimum atomic E-state index is -0.863. The van der Waals surface area contributed by atoms with Crippen molar-refractivity contribution in [2.45, 2.75) is 31.7 Å². The van der Waals surface area contributed by atoms with Crippen LogP contribution in [0.2, 0.25) is 0 Å². The van der Waals surface area contributed by atoms with Crippen molar-refractivity contribution in [3.63, 3.8) is 0 Å². The van der Waals surface area contributed by atoms with Crippen LogP contribution in [0.15, 0.2) is 42.5 Å². The van der Waals surface area contributed by atoms with Gasteiger partial charge >= 0.3 is 0 Å². The van der Waals surface area contributed by atoms with Crippen LogP contribution in [-0.2, 0) is 4.79 Å². The van der Waals surface area contributed by atoms with Crippen LogP contribution in [0, 0.1) is 5.82 Å².